The largest absolute Gasteiger partial charge is 0.457 e. The number of pyridine rings is 2. The monoisotopic (exact) mass is 755 g/mol. The molecule has 7 aromatic rings. The number of rotatable bonds is 5. The van der Waals surface area contributed by atoms with Gasteiger partial charge in [-0.15, -0.1) is 0 Å². The van der Waals surface area contributed by atoms with Gasteiger partial charge in [0, 0.05) is 46.7 Å². The topological polar surface area (TPSA) is 46.4 Å². The third-order valence-electron chi connectivity index (χ3n) is 11.4. The lowest BCUT2D eigenvalue weighted by atomic mass is 9.80. The van der Waals surface area contributed by atoms with E-state index in [0.717, 1.165) is 51.2 Å². The van der Waals surface area contributed by atoms with Crippen LogP contribution in [-0.4, -0.2) is 21.2 Å². The van der Waals surface area contributed by atoms with Crippen molar-refractivity contribution in [1.82, 2.24) is 14.5 Å². The van der Waals surface area contributed by atoms with Gasteiger partial charge in [-0.1, -0.05) is 107 Å². The summed E-state index contributed by atoms with van der Waals surface area (Å²) in [4.78, 5) is 14.5. The molecule has 0 spiro atoms. The summed E-state index contributed by atoms with van der Waals surface area (Å²) in [5.41, 5.74) is 10.6. The molecule has 0 fully saturated rings. The molecule has 0 saturated heterocycles. The smallest absolute Gasteiger partial charge is 0.158 e. The minimum Gasteiger partial charge on any atom is -0.457 e. The lowest BCUT2D eigenvalue weighted by molar-refractivity contribution is 0.483. The van der Waals surface area contributed by atoms with Crippen molar-refractivity contribution in [2.24, 2.45) is 0 Å². The molecule has 6 heteroatoms. The van der Waals surface area contributed by atoms with Crippen LogP contribution >= 0.6 is 0 Å². The van der Waals surface area contributed by atoms with Crippen molar-refractivity contribution in [3.05, 3.63) is 138 Å². The van der Waals surface area contributed by atoms with Gasteiger partial charge in [0.2, 0.25) is 0 Å². The van der Waals surface area contributed by atoms with E-state index in [4.69, 9.17) is 14.7 Å². The van der Waals surface area contributed by atoms with E-state index < -0.39 is 0 Å². The maximum Gasteiger partial charge on any atom is 0.158 e. The van der Waals surface area contributed by atoms with Crippen LogP contribution in [-0.2, 0) is 21.7 Å². The van der Waals surface area contributed by atoms with Gasteiger partial charge in [-0.3, -0.25) is 4.57 Å². The molecular formula is C51H57N5O. The van der Waals surface area contributed by atoms with E-state index >= 15 is 0 Å². The molecule has 1 aliphatic heterocycles. The van der Waals surface area contributed by atoms with E-state index in [1.165, 1.54) is 33.0 Å². The first-order valence-corrected chi connectivity index (χ1v) is 20.3. The minimum atomic E-state index is -0.0128. The van der Waals surface area contributed by atoms with Crippen LogP contribution in [0.5, 0.6) is 11.5 Å². The summed E-state index contributed by atoms with van der Waals surface area (Å²) in [5.74, 6) is 3.39. The first-order valence-electron chi connectivity index (χ1n) is 20.3. The van der Waals surface area contributed by atoms with Crippen LogP contribution in [0.25, 0.3) is 27.6 Å². The number of nitrogens with zero attached hydrogens (tertiary/aromatic N) is 5. The summed E-state index contributed by atoms with van der Waals surface area (Å²) in [5, 5.41) is 2.36. The molecule has 0 bridgehead atoms. The van der Waals surface area contributed by atoms with Crippen molar-refractivity contribution < 1.29 is 4.74 Å². The second-order valence-corrected chi connectivity index (χ2v) is 19.9. The standard InChI is InChI=1S/C51H57N5O/c1-48(2,3)33-18-20-41-42-21-19-40(31-45(42)56(44(41)28-33)46-29-34(22-24-52-46)49(4,5)6)57-39-16-13-15-37(30-39)54-32-55(47-43(54)17-14-23-53-47)38-26-35(50(7,8)9)25-36(27-38)51(10,11)12/h13-31H,32H2,1-12H3. The molecule has 292 valence electrons. The number of benzene rings is 4. The second-order valence-electron chi connectivity index (χ2n) is 19.9. The van der Waals surface area contributed by atoms with Gasteiger partial charge in [0.1, 0.15) is 24.0 Å². The molecule has 3 aromatic heterocycles. The normalized spacial score (nSPS) is 13.8. The molecule has 0 radical (unpaired) electrons. The molecule has 8 rings (SSSR count). The van der Waals surface area contributed by atoms with E-state index in [1.807, 2.05) is 24.5 Å². The fourth-order valence-electron chi connectivity index (χ4n) is 7.78. The quantitative estimate of drug-likeness (QED) is 0.175. The van der Waals surface area contributed by atoms with Crippen molar-refractivity contribution in [3.8, 4) is 17.3 Å². The zero-order valence-electron chi connectivity index (χ0n) is 35.8. The van der Waals surface area contributed by atoms with E-state index in [1.54, 1.807) is 0 Å². The second kappa shape index (κ2) is 13.5. The number of fused-ring (bicyclic) bond motifs is 4. The molecule has 0 amide bonds. The van der Waals surface area contributed by atoms with Crippen LogP contribution in [0.2, 0.25) is 0 Å². The van der Waals surface area contributed by atoms with Gasteiger partial charge >= 0.3 is 0 Å². The lowest BCUT2D eigenvalue weighted by Crippen LogP contribution is -2.25. The predicted molar refractivity (Wildman–Crippen MR) is 240 cm³/mol. The van der Waals surface area contributed by atoms with E-state index in [2.05, 4.69) is 188 Å². The van der Waals surface area contributed by atoms with Gasteiger partial charge < -0.3 is 14.5 Å². The van der Waals surface area contributed by atoms with Crippen LogP contribution in [0, 0.1) is 0 Å². The Labute approximate surface area is 339 Å². The van der Waals surface area contributed by atoms with Crippen LogP contribution < -0.4 is 14.5 Å². The highest BCUT2D eigenvalue weighted by molar-refractivity contribution is 6.09. The average Bonchev–Trinajstić information content (AvgIpc) is 3.69. The zero-order chi connectivity index (χ0) is 40.7. The SMILES string of the molecule is CC(C)(C)c1cc(N2CN(c3cccc(Oc4ccc5c6ccc(C(C)(C)C)cc6n(-c6cc(C(C)(C)C)ccn6)c5c4)c3)c3cccnc32)cc(C(C)(C)C)c1. The number of aromatic nitrogens is 3. The molecule has 0 N–H and O–H groups in total. The Morgan fingerprint density at radius 3 is 1.75 bits per heavy atom. The maximum absolute atomic E-state index is 6.75. The first-order chi connectivity index (χ1) is 26.8. The Balaban J connectivity index is 1.18. The molecule has 4 heterocycles. The molecule has 0 unspecified atom stereocenters. The number of anilines is 4. The van der Waals surface area contributed by atoms with Crippen molar-refractivity contribution >= 4 is 44.7 Å². The van der Waals surface area contributed by atoms with E-state index in [9.17, 15) is 0 Å². The zero-order valence-corrected chi connectivity index (χ0v) is 35.8. The van der Waals surface area contributed by atoms with E-state index in [-0.39, 0.29) is 21.7 Å². The molecule has 0 aliphatic carbocycles. The molecular weight excluding hydrogens is 699 g/mol. The first kappa shape index (κ1) is 38.3. The summed E-state index contributed by atoms with van der Waals surface area (Å²) < 4.78 is 9.05. The highest BCUT2D eigenvalue weighted by Gasteiger charge is 2.31. The highest BCUT2D eigenvalue weighted by Crippen LogP contribution is 2.46. The maximum atomic E-state index is 6.75. The Morgan fingerprint density at radius 1 is 0.474 bits per heavy atom. The Bertz CT molecular complexity index is 2610. The molecule has 6 nitrogen and oxygen atoms in total. The fraction of sp³-hybridized carbons (Fsp3) is 0.333. The van der Waals surface area contributed by atoms with E-state index in [0.29, 0.717) is 6.67 Å². The fourth-order valence-corrected chi connectivity index (χ4v) is 7.78. The Kier molecular flexibility index (Phi) is 9.06. The van der Waals surface area contributed by atoms with Crippen LogP contribution in [0.3, 0.4) is 0 Å². The number of hydrogen-bond donors (Lipinski definition) is 0. The minimum absolute atomic E-state index is 0.00419. The predicted octanol–water partition coefficient (Wildman–Crippen LogP) is 13.8. The molecule has 0 saturated carbocycles. The van der Waals surface area contributed by atoms with Crippen LogP contribution in [0.15, 0.2) is 116 Å². The van der Waals surface area contributed by atoms with Gasteiger partial charge in [-0.25, -0.2) is 9.97 Å². The summed E-state index contributed by atoms with van der Waals surface area (Å²) in [6.07, 6.45) is 3.83. The Morgan fingerprint density at radius 2 is 1.09 bits per heavy atom. The van der Waals surface area contributed by atoms with Crippen molar-refractivity contribution in [3.63, 3.8) is 0 Å². The molecule has 1 aliphatic rings. The van der Waals surface area contributed by atoms with Crippen molar-refractivity contribution in [1.29, 1.82) is 0 Å². The third-order valence-corrected chi connectivity index (χ3v) is 11.4. The number of ether oxygens (including phenoxy) is 1. The van der Waals surface area contributed by atoms with Gasteiger partial charge in [-0.05, 0) is 111 Å². The molecule has 0 atom stereocenters. The summed E-state index contributed by atoms with van der Waals surface area (Å²) in [7, 11) is 0. The number of hydrogen-bond acceptors (Lipinski definition) is 5. The lowest BCUT2D eigenvalue weighted by Gasteiger charge is -2.29. The van der Waals surface area contributed by atoms with Crippen LogP contribution in [0.1, 0.15) is 105 Å². The summed E-state index contributed by atoms with van der Waals surface area (Å²) in [6, 6.07) is 37.3. The van der Waals surface area contributed by atoms with Crippen LogP contribution in [0.4, 0.5) is 22.9 Å². The highest BCUT2D eigenvalue weighted by atomic mass is 16.5. The van der Waals surface area contributed by atoms with Gasteiger partial charge in [0.25, 0.3) is 0 Å². The summed E-state index contributed by atoms with van der Waals surface area (Å²) >= 11 is 0. The summed E-state index contributed by atoms with van der Waals surface area (Å²) in [6.45, 7) is 27.9. The third kappa shape index (κ3) is 7.27. The average molecular weight is 756 g/mol. The Hall–Kier alpha value is -5.62. The molecule has 4 aromatic carbocycles. The van der Waals surface area contributed by atoms with Crippen molar-refractivity contribution in [2.75, 3.05) is 16.5 Å². The molecule has 57 heavy (non-hydrogen) atoms. The van der Waals surface area contributed by atoms with Gasteiger partial charge in [0.15, 0.2) is 5.82 Å². The van der Waals surface area contributed by atoms with Crippen molar-refractivity contribution in [2.45, 2.75) is 105 Å². The van der Waals surface area contributed by atoms with Gasteiger partial charge in [0.05, 0.1) is 16.7 Å². The van der Waals surface area contributed by atoms with Gasteiger partial charge in [-0.2, -0.15) is 0 Å².